The molecule has 1 amide bonds. The van der Waals surface area contributed by atoms with E-state index in [9.17, 15) is 13.2 Å². The lowest BCUT2D eigenvalue weighted by Crippen LogP contribution is -2.45. The van der Waals surface area contributed by atoms with Crippen LogP contribution in [0.25, 0.3) is 0 Å². The third-order valence-electron chi connectivity index (χ3n) is 4.38. The average molecular weight is 369 g/mol. The monoisotopic (exact) mass is 369 g/mol. The van der Waals surface area contributed by atoms with Crippen LogP contribution in [0, 0.1) is 0 Å². The van der Waals surface area contributed by atoms with E-state index in [-0.39, 0.29) is 17.3 Å². The molecule has 0 saturated carbocycles. The van der Waals surface area contributed by atoms with Crippen molar-refractivity contribution in [3.8, 4) is 5.75 Å². The number of benzene rings is 1. The molecule has 1 atom stereocenters. The zero-order chi connectivity index (χ0) is 18.4. The summed E-state index contributed by atoms with van der Waals surface area (Å²) < 4.78 is 32.1. The largest absolute Gasteiger partial charge is 0.497 e. The number of nitrogens with zero attached hydrogens (tertiary/aromatic N) is 2. The molecule has 7 nitrogen and oxygen atoms in total. The van der Waals surface area contributed by atoms with E-state index >= 15 is 0 Å². The summed E-state index contributed by atoms with van der Waals surface area (Å²) in [5.74, 6) is 0.516. The maximum atomic E-state index is 12.8. The fourth-order valence-electron chi connectivity index (χ4n) is 2.92. The van der Waals surface area contributed by atoms with E-state index < -0.39 is 16.1 Å². The number of methoxy groups -OCH3 is 1. The topological polar surface area (TPSA) is 92.9 Å². The summed E-state index contributed by atoms with van der Waals surface area (Å²) in [6, 6.07) is 5.84. The third-order valence-corrected chi connectivity index (χ3v) is 6.29. The van der Waals surface area contributed by atoms with Crippen molar-refractivity contribution in [1.29, 1.82) is 0 Å². The molecule has 25 heavy (non-hydrogen) atoms. The van der Waals surface area contributed by atoms with E-state index in [1.807, 2.05) is 6.92 Å². The Labute approximate surface area is 149 Å². The van der Waals surface area contributed by atoms with Crippen molar-refractivity contribution >= 4 is 15.9 Å². The van der Waals surface area contributed by atoms with Gasteiger partial charge in [0.2, 0.25) is 15.9 Å². The van der Waals surface area contributed by atoms with E-state index in [0.717, 1.165) is 6.42 Å². The van der Waals surface area contributed by atoms with Gasteiger partial charge in [-0.05, 0) is 37.1 Å². The van der Waals surface area contributed by atoms with E-state index in [2.05, 4.69) is 0 Å². The van der Waals surface area contributed by atoms with Crippen molar-refractivity contribution < 1.29 is 17.9 Å². The fourth-order valence-corrected chi connectivity index (χ4v) is 4.39. The lowest BCUT2D eigenvalue weighted by Gasteiger charge is -2.24. The molecule has 1 unspecified atom stereocenters. The first-order valence-corrected chi connectivity index (χ1v) is 10.0. The van der Waals surface area contributed by atoms with Gasteiger partial charge < -0.3 is 15.4 Å². The molecule has 1 fully saturated rings. The van der Waals surface area contributed by atoms with Crippen molar-refractivity contribution in [2.45, 2.75) is 37.1 Å². The molecule has 0 aromatic heterocycles. The molecular weight excluding hydrogens is 342 g/mol. The van der Waals surface area contributed by atoms with E-state index in [1.165, 1.54) is 11.4 Å². The Morgan fingerprint density at radius 3 is 2.48 bits per heavy atom. The first-order valence-electron chi connectivity index (χ1n) is 8.58. The summed E-state index contributed by atoms with van der Waals surface area (Å²) in [7, 11) is -2.05. The summed E-state index contributed by atoms with van der Waals surface area (Å²) in [6.45, 7) is 3.55. The molecule has 140 valence electrons. The van der Waals surface area contributed by atoms with Crippen LogP contribution in [0.4, 0.5) is 0 Å². The summed E-state index contributed by atoms with van der Waals surface area (Å²) in [6.07, 6.45) is 2.09. The molecule has 2 N–H and O–H groups in total. The number of hydrogen-bond acceptors (Lipinski definition) is 5. The Hall–Kier alpha value is -1.64. The minimum atomic E-state index is -3.58. The Balaban J connectivity index is 2.07. The van der Waals surface area contributed by atoms with Crippen LogP contribution in [0.3, 0.4) is 0 Å². The number of hydrogen-bond donors (Lipinski definition) is 1. The Kier molecular flexibility index (Phi) is 6.80. The molecule has 1 aliphatic heterocycles. The molecule has 0 spiro atoms. The van der Waals surface area contributed by atoms with E-state index in [0.29, 0.717) is 38.2 Å². The Morgan fingerprint density at radius 2 is 1.88 bits per heavy atom. The Morgan fingerprint density at radius 1 is 1.20 bits per heavy atom. The number of ether oxygens (including phenoxy) is 1. The molecule has 1 aromatic carbocycles. The van der Waals surface area contributed by atoms with Crippen LogP contribution in [0.1, 0.15) is 26.2 Å². The molecule has 0 aliphatic carbocycles. The van der Waals surface area contributed by atoms with Crippen molar-refractivity contribution in [2.75, 3.05) is 33.3 Å². The maximum absolute atomic E-state index is 12.8. The van der Waals surface area contributed by atoms with Gasteiger partial charge in [0, 0.05) is 26.2 Å². The van der Waals surface area contributed by atoms with Crippen molar-refractivity contribution in [1.82, 2.24) is 9.21 Å². The summed E-state index contributed by atoms with van der Waals surface area (Å²) >= 11 is 0. The van der Waals surface area contributed by atoms with Gasteiger partial charge in [0.05, 0.1) is 18.0 Å². The molecule has 0 radical (unpaired) electrons. The van der Waals surface area contributed by atoms with Crippen LogP contribution < -0.4 is 10.5 Å². The van der Waals surface area contributed by atoms with Crippen molar-refractivity contribution in [3.63, 3.8) is 0 Å². The molecule has 1 heterocycles. The second-order valence-corrected chi connectivity index (χ2v) is 8.09. The van der Waals surface area contributed by atoms with Crippen molar-refractivity contribution in [2.24, 2.45) is 5.73 Å². The number of rotatable bonds is 6. The van der Waals surface area contributed by atoms with Crippen LogP contribution in [-0.2, 0) is 14.8 Å². The number of amides is 1. The SMILES string of the molecule is CCCC(N)C(=O)N1CCCN(S(=O)(=O)c2ccc(OC)cc2)CC1. The number of carbonyl (C=O) groups is 1. The zero-order valence-electron chi connectivity index (χ0n) is 14.8. The molecule has 0 bridgehead atoms. The van der Waals surface area contributed by atoms with Crippen LogP contribution in [0.15, 0.2) is 29.2 Å². The normalized spacial score (nSPS) is 17.8. The second-order valence-electron chi connectivity index (χ2n) is 6.15. The minimum absolute atomic E-state index is 0.0921. The summed E-state index contributed by atoms with van der Waals surface area (Å²) in [5.41, 5.74) is 5.91. The smallest absolute Gasteiger partial charge is 0.243 e. The fraction of sp³-hybridized carbons (Fsp3) is 0.588. The first-order chi connectivity index (χ1) is 11.9. The highest BCUT2D eigenvalue weighted by Gasteiger charge is 2.29. The van der Waals surface area contributed by atoms with E-state index in [1.54, 1.807) is 29.2 Å². The molecular formula is C17H27N3O4S. The molecule has 1 aliphatic rings. The van der Waals surface area contributed by atoms with Gasteiger partial charge in [0.25, 0.3) is 0 Å². The summed E-state index contributed by atoms with van der Waals surface area (Å²) in [5, 5.41) is 0. The van der Waals surface area contributed by atoms with Gasteiger partial charge in [-0.1, -0.05) is 13.3 Å². The molecule has 1 aromatic rings. The highest BCUT2D eigenvalue weighted by molar-refractivity contribution is 7.89. The molecule has 1 saturated heterocycles. The van der Waals surface area contributed by atoms with E-state index in [4.69, 9.17) is 10.5 Å². The van der Waals surface area contributed by atoms with Crippen LogP contribution in [0.5, 0.6) is 5.75 Å². The number of sulfonamides is 1. The molecule has 8 heteroatoms. The van der Waals surface area contributed by atoms with Gasteiger partial charge in [-0.2, -0.15) is 4.31 Å². The maximum Gasteiger partial charge on any atom is 0.243 e. The lowest BCUT2D eigenvalue weighted by atomic mass is 10.1. The zero-order valence-corrected chi connectivity index (χ0v) is 15.7. The number of nitrogens with two attached hydrogens (primary N) is 1. The standard InChI is InChI=1S/C17H27N3O4S/c1-3-5-16(18)17(21)19-10-4-11-20(13-12-19)25(22,23)15-8-6-14(24-2)7-9-15/h6-9,16H,3-5,10-13,18H2,1-2H3. The Bertz CT molecular complexity index is 676. The van der Waals surface area contributed by atoms with Gasteiger partial charge >= 0.3 is 0 Å². The third kappa shape index (κ3) is 4.71. The van der Waals surface area contributed by atoms with Gasteiger partial charge in [-0.25, -0.2) is 8.42 Å². The highest BCUT2D eigenvalue weighted by Crippen LogP contribution is 2.21. The molecule has 2 rings (SSSR count). The number of carbonyl (C=O) groups excluding carboxylic acids is 1. The van der Waals surface area contributed by atoms with Gasteiger partial charge in [-0.15, -0.1) is 0 Å². The van der Waals surface area contributed by atoms with Crippen LogP contribution >= 0.6 is 0 Å². The minimum Gasteiger partial charge on any atom is -0.497 e. The van der Waals surface area contributed by atoms with Crippen molar-refractivity contribution in [3.05, 3.63) is 24.3 Å². The summed E-state index contributed by atoms with van der Waals surface area (Å²) in [4.78, 5) is 14.3. The average Bonchev–Trinajstić information content (AvgIpc) is 2.88. The van der Waals surface area contributed by atoms with Gasteiger partial charge in [0.1, 0.15) is 5.75 Å². The van der Waals surface area contributed by atoms with Crippen LogP contribution in [0.2, 0.25) is 0 Å². The van der Waals surface area contributed by atoms with Gasteiger partial charge in [0.15, 0.2) is 0 Å². The predicted octanol–water partition coefficient (Wildman–Crippen LogP) is 1.05. The van der Waals surface area contributed by atoms with Gasteiger partial charge in [-0.3, -0.25) is 4.79 Å². The predicted molar refractivity (Wildman–Crippen MR) is 95.8 cm³/mol. The quantitative estimate of drug-likeness (QED) is 0.809. The highest BCUT2D eigenvalue weighted by atomic mass is 32.2. The first kappa shape index (κ1) is 19.7. The lowest BCUT2D eigenvalue weighted by molar-refractivity contribution is -0.132. The second kappa shape index (κ2) is 8.64. The van der Waals surface area contributed by atoms with Crippen LogP contribution in [-0.4, -0.2) is 62.9 Å².